The number of rotatable bonds is 2. The highest BCUT2D eigenvalue weighted by Gasteiger charge is 2.23. The van der Waals surface area contributed by atoms with Crippen LogP contribution in [0.3, 0.4) is 0 Å². The zero-order chi connectivity index (χ0) is 15.6. The fourth-order valence-corrected chi connectivity index (χ4v) is 3.18. The molecule has 0 bridgehead atoms. The first-order valence-electron chi connectivity index (χ1n) is 7.94. The molecular weight excluding hydrogens is 282 g/mol. The van der Waals surface area contributed by atoms with Gasteiger partial charge in [-0.3, -0.25) is 4.90 Å². The Labute approximate surface area is 136 Å². The molecule has 1 atom stereocenters. The van der Waals surface area contributed by atoms with Crippen LogP contribution < -0.4 is 10.3 Å². The van der Waals surface area contributed by atoms with Gasteiger partial charge in [-0.15, -0.1) is 0 Å². The minimum absolute atomic E-state index is 0.191. The number of hydrazone groups is 1. The fourth-order valence-electron chi connectivity index (χ4n) is 3.18. The van der Waals surface area contributed by atoms with E-state index in [1.807, 2.05) is 6.07 Å². The van der Waals surface area contributed by atoms with Crippen LogP contribution in [0.25, 0.3) is 6.08 Å². The Balaban J connectivity index is 1.67. The number of anilines is 1. The molecule has 3 heteroatoms. The van der Waals surface area contributed by atoms with Gasteiger partial charge in [-0.05, 0) is 48.8 Å². The van der Waals surface area contributed by atoms with Gasteiger partial charge in [0.2, 0.25) is 0 Å². The van der Waals surface area contributed by atoms with Gasteiger partial charge in [0, 0.05) is 5.70 Å². The lowest BCUT2D eigenvalue weighted by Gasteiger charge is -2.28. The molecule has 3 nitrogen and oxygen atoms in total. The van der Waals surface area contributed by atoms with E-state index in [1.54, 1.807) is 0 Å². The molecule has 0 spiro atoms. The van der Waals surface area contributed by atoms with Gasteiger partial charge in [0.15, 0.2) is 5.84 Å². The van der Waals surface area contributed by atoms with Gasteiger partial charge in [-0.25, -0.2) is 0 Å². The molecule has 0 aromatic heterocycles. The number of para-hydroxylation sites is 1. The van der Waals surface area contributed by atoms with E-state index in [0.29, 0.717) is 0 Å². The van der Waals surface area contributed by atoms with Crippen LogP contribution in [0.15, 0.2) is 77.5 Å². The molecule has 1 N–H and O–H groups in total. The lowest BCUT2D eigenvalue weighted by Crippen LogP contribution is -2.30. The number of benzene rings is 2. The predicted octanol–water partition coefficient (Wildman–Crippen LogP) is 3.95. The molecule has 0 saturated heterocycles. The molecule has 2 aromatic carbocycles. The lowest BCUT2D eigenvalue weighted by molar-refractivity contribution is 0.621. The van der Waals surface area contributed by atoms with E-state index < -0.39 is 0 Å². The van der Waals surface area contributed by atoms with Crippen molar-refractivity contribution in [1.82, 2.24) is 5.43 Å². The number of fused-ring (bicyclic) bond motifs is 3. The smallest absolute Gasteiger partial charge is 0.157 e. The lowest BCUT2D eigenvalue weighted by atomic mass is 10.0. The molecule has 0 amide bonds. The van der Waals surface area contributed by atoms with Crippen molar-refractivity contribution in [2.75, 3.05) is 4.90 Å². The number of amidine groups is 1. The Morgan fingerprint density at radius 1 is 1.00 bits per heavy atom. The van der Waals surface area contributed by atoms with E-state index in [4.69, 9.17) is 0 Å². The molecule has 0 radical (unpaired) electrons. The van der Waals surface area contributed by atoms with Gasteiger partial charge in [0.1, 0.15) is 0 Å². The standard InChI is InChI=1S/C20H19N3/c1-15-13-18(14-16-7-3-2-4-8-16)21-22-20-12-11-17-9-5-6-10-19(17)23(15)20/h2-13,18,21H,14H2,1H3. The van der Waals surface area contributed by atoms with Gasteiger partial charge >= 0.3 is 0 Å². The first kappa shape index (κ1) is 13.8. The molecule has 2 aromatic rings. The Hall–Kier alpha value is -2.81. The van der Waals surface area contributed by atoms with Crippen molar-refractivity contribution in [3.8, 4) is 0 Å². The van der Waals surface area contributed by atoms with Crippen LogP contribution in [0.1, 0.15) is 18.1 Å². The maximum atomic E-state index is 4.63. The van der Waals surface area contributed by atoms with Gasteiger partial charge in [0.25, 0.3) is 0 Å². The predicted molar refractivity (Wildman–Crippen MR) is 96.2 cm³/mol. The zero-order valence-corrected chi connectivity index (χ0v) is 13.1. The van der Waals surface area contributed by atoms with Gasteiger partial charge in [0.05, 0.1) is 11.7 Å². The third-order valence-electron chi connectivity index (χ3n) is 4.26. The minimum Gasteiger partial charge on any atom is -0.301 e. The number of hydrogen-bond donors (Lipinski definition) is 1. The summed E-state index contributed by atoms with van der Waals surface area (Å²) in [5.74, 6) is 0.938. The first-order valence-corrected chi connectivity index (χ1v) is 7.94. The van der Waals surface area contributed by atoms with Crippen molar-refractivity contribution < 1.29 is 0 Å². The largest absolute Gasteiger partial charge is 0.301 e. The third-order valence-corrected chi connectivity index (χ3v) is 4.26. The highest BCUT2D eigenvalue weighted by atomic mass is 15.4. The summed E-state index contributed by atoms with van der Waals surface area (Å²) < 4.78 is 0. The molecule has 2 aliphatic heterocycles. The highest BCUT2D eigenvalue weighted by Crippen LogP contribution is 2.30. The summed E-state index contributed by atoms with van der Waals surface area (Å²) in [5, 5.41) is 4.63. The van der Waals surface area contributed by atoms with Crippen LogP contribution in [-0.2, 0) is 6.42 Å². The summed E-state index contributed by atoms with van der Waals surface area (Å²) in [7, 11) is 0. The van der Waals surface area contributed by atoms with E-state index in [1.165, 1.54) is 22.5 Å². The van der Waals surface area contributed by atoms with Crippen LogP contribution in [0.5, 0.6) is 0 Å². The molecule has 0 aliphatic carbocycles. The first-order chi connectivity index (χ1) is 11.3. The molecule has 0 fully saturated rings. The van der Waals surface area contributed by atoms with Crippen molar-refractivity contribution in [3.63, 3.8) is 0 Å². The average Bonchev–Trinajstić information content (AvgIpc) is 2.75. The second-order valence-electron chi connectivity index (χ2n) is 5.93. The SMILES string of the molecule is CC1=CC(Cc2ccccc2)NN=C2C=Cc3ccccc3N12. The summed E-state index contributed by atoms with van der Waals surface area (Å²) in [4.78, 5) is 2.22. The summed E-state index contributed by atoms with van der Waals surface area (Å²) >= 11 is 0. The van der Waals surface area contributed by atoms with Crippen molar-refractivity contribution in [1.29, 1.82) is 0 Å². The Morgan fingerprint density at radius 2 is 1.78 bits per heavy atom. The van der Waals surface area contributed by atoms with Crippen molar-refractivity contribution in [2.24, 2.45) is 5.10 Å². The summed E-state index contributed by atoms with van der Waals surface area (Å²) in [6.07, 6.45) is 7.38. The second kappa shape index (κ2) is 5.76. The molecule has 4 rings (SSSR count). The monoisotopic (exact) mass is 301 g/mol. The Morgan fingerprint density at radius 3 is 2.65 bits per heavy atom. The molecule has 23 heavy (non-hydrogen) atoms. The van der Waals surface area contributed by atoms with Crippen LogP contribution in [0.2, 0.25) is 0 Å². The quantitative estimate of drug-likeness (QED) is 0.909. The van der Waals surface area contributed by atoms with Crippen molar-refractivity contribution in [3.05, 3.63) is 83.6 Å². The van der Waals surface area contributed by atoms with Crippen molar-refractivity contribution in [2.45, 2.75) is 19.4 Å². The number of allylic oxidation sites excluding steroid dienone is 1. The molecule has 114 valence electrons. The van der Waals surface area contributed by atoms with Crippen LogP contribution in [0, 0.1) is 0 Å². The maximum Gasteiger partial charge on any atom is 0.157 e. The van der Waals surface area contributed by atoms with Gasteiger partial charge in [-0.1, -0.05) is 48.5 Å². The number of hydrogen-bond acceptors (Lipinski definition) is 3. The van der Waals surface area contributed by atoms with Crippen LogP contribution in [0.4, 0.5) is 5.69 Å². The number of nitrogens with one attached hydrogen (secondary N) is 1. The topological polar surface area (TPSA) is 27.6 Å². The normalized spacial score (nSPS) is 19.0. The van der Waals surface area contributed by atoms with Crippen LogP contribution >= 0.6 is 0 Å². The van der Waals surface area contributed by atoms with Gasteiger partial charge in [-0.2, -0.15) is 5.10 Å². The molecule has 0 saturated carbocycles. The fraction of sp³-hybridized carbons (Fsp3) is 0.150. The summed E-state index contributed by atoms with van der Waals surface area (Å²) in [5.41, 5.74) is 8.23. The molecule has 2 heterocycles. The molecule has 1 unspecified atom stereocenters. The van der Waals surface area contributed by atoms with Crippen molar-refractivity contribution >= 4 is 17.6 Å². The van der Waals surface area contributed by atoms with Gasteiger partial charge < -0.3 is 5.43 Å². The van der Waals surface area contributed by atoms with E-state index in [0.717, 1.165) is 12.3 Å². The zero-order valence-electron chi connectivity index (χ0n) is 13.1. The number of nitrogens with zero attached hydrogens (tertiary/aromatic N) is 2. The highest BCUT2D eigenvalue weighted by molar-refractivity contribution is 6.13. The maximum absolute atomic E-state index is 4.63. The molecule has 2 aliphatic rings. The second-order valence-corrected chi connectivity index (χ2v) is 5.93. The molecular formula is C20H19N3. The minimum atomic E-state index is 0.191. The van der Waals surface area contributed by atoms with E-state index in [9.17, 15) is 0 Å². The van der Waals surface area contributed by atoms with E-state index >= 15 is 0 Å². The van der Waals surface area contributed by atoms with E-state index in [2.05, 4.69) is 89.1 Å². The average molecular weight is 301 g/mol. The Kier molecular flexibility index (Phi) is 3.46. The summed E-state index contributed by atoms with van der Waals surface area (Å²) in [6, 6.07) is 19.1. The van der Waals surface area contributed by atoms with Crippen LogP contribution in [-0.4, -0.2) is 11.9 Å². The Bertz CT molecular complexity index is 803. The van der Waals surface area contributed by atoms with E-state index in [-0.39, 0.29) is 6.04 Å². The summed E-state index contributed by atoms with van der Waals surface area (Å²) in [6.45, 7) is 2.15. The third kappa shape index (κ3) is 2.66.